The van der Waals surface area contributed by atoms with Gasteiger partial charge in [0.2, 0.25) is 5.91 Å². The van der Waals surface area contributed by atoms with Crippen molar-refractivity contribution in [3.63, 3.8) is 0 Å². The van der Waals surface area contributed by atoms with Gasteiger partial charge >= 0.3 is 5.97 Å². The van der Waals surface area contributed by atoms with E-state index in [2.05, 4.69) is 5.32 Å². The van der Waals surface area contributed by atoms with E-state index in [1.807, 2.05) is 0 Å². The Morgan fingerprint density at radius 1 is 1.29 bits per heavy atom. The van der Waals surface area contributed by atoms with Crippen molar-refractivity contribution < 1.29 is 24.4 Å². The molecule has 0 heterocycles. The van der Waals surface area contributed by atoms with Crippen molar-refractivity contribution in [1.29, 1.82) is 0 Å². The standard InChI is InChI=1S/C15H19N3O6/c1-10(15(21)22)9-17(2)13(19)7-8-16-14(20)11-3-5-12(6-4-11)18(23)24/h3-6,10H,7-9H2,1-2H3,(H,16,20)(H,21,22). The Hall–Kier alpha value is -2.97. The normalized spacial score (nSPS) is 11.4. The summed E-state index contributed by atoms with van der Waals surface area (Å²) in [6.07, 6.45) is 0.0293. The van der Waals surface area contributed by atoms with Crippen molar-refractivity contribution in [3.05, 3.63) is 39.9 Å². The lowest BCUT2D eigenvalue weighted by Crippen LogP contribution is -2.36. The zero-order chi connectivity index (χ0) is 18.3. The molecule has 0 radical (unpaired) electrons. The number of nitro groups is 1. The number of nitrogens with one attached hydrogen (secondary N) is 1. The average Bonchev–Trinajstić information content (AvgIpc) is 2.54. The summed E-state index contributed by atoms with van der Waals surface area (Å²) in [5, 5.41) is 21.9. The first-order valence-corrected chi connectivity index (χ1v) is 7.21. The van der Waals surface area contributed by atoms with Crippen molar-refractivity contribution >= 4 is 23.5 Å². The highest BCUT2D eigenvalue weighted by molar-refractivity contribution is 5.94. The highest BCUT2D eigenvalue weighted by Crippen LogP contribution is 2.11. The minimum Gasteiger partial charge on any atom is -0.481 e. The molecule has 0 fully saturated rings. The Balaban J connectivity index is 2.43. The number of aliphatic carboxylic acids is 1. The van der Waals surface area contributed by atoms with Crippen LogP contribution in [0.3, 0.4) is 0 Å². The first-order valence-electron chi connectivity index (χ1n) is 7.21. The number of hydrogen-bond acceptors (Lipinski definition) is 5. The summed E-state index contributed by atoms with van der Waals surface area (Å²) in [7, 11) is 1.50. The number of carboxylic acids is 1. The fraction of sp³-hybridized carbons (Fsp3) is 0.400. The molecule has 1 aromatic rings. The molecular formula is C15H19N3O6. The first-order chi connectivity index (χ1) is 11.2. The highest BCUT2D eigenvalue weighted by atomic mass is 16.6. The molecule has 0 aliphatic carbocycles. The summed E-state index contributed by atoms with van der Waals surface area (Å²) in [5.41, 5.74) is 0.136. The molecule has 0 saturated carbocycles. The Kier molecular flexibility index (Phi) is 6.84. The fourth-order valence-electron chi connectivity index (χ4n) is 1.90. The monoisotopic (exact) mass is 337 g/mol. The van der Waals surface area contributed by atoms with Gasteiger partial charge < -0.3 is 15.3 Å². The number of nitro benzene ring substituents is 1. The molecule has 0 saturated heterocycles. The van der Waals surface area contributed by atoms with Crippen molar-refractivity contribution in [3.8, 4) is 0 Å². The van der Waals surface area contributed by atoms with Crippen LogP contribution in [-0.2, 0) is 9.59 Å². The van der Waals surface area contributed by atoms with E-state index in [-0.39, 0.29) is 36.7 Å². The van der Waals surface area contributed by atoms with Crippen LogP contribution < -0.4 is 5.32 Å². The molecule has 130 valence electrons. The van der Waals surface area contributed by atoms with Gasteiger partial charge in [-0.3, -0.25) is 24.5 Å². The van der Waals surface area contributed by atoms with Gasteiger partial charge in [-0.15, -0.1) is 0 Å². The van der Waals surface area contributed by atoms with E-state index in [9.17, 15) is 24.5 Å². The van der Waals surface area contributed by atoms with Crippen molar-refractivity contribution in [2.24, 2.45) is 5.92 Å². The third-order valence-corrected chi connectivity index (χ3v) is 3.36. The SMILES string of the molecule is CC(CN(C)C(=O)CCNC(=O)c1ccc([N+](=O)[O-])cc1)C(=O)O. The summed E-state index contributed by atoms with van der Waals surface area (Å²) in [6, 6.07) is 5.11. The van der Waals surface area contributed by atoms with Gasteiger partial charge in [0, 0.05) is 44.3 Å². The van der Waals surface area contributed by atoms with Crippen LogP contribution in [0.1, 0.15) is 23.7 Å². The van der Waals surface area contributed by atoms with Gasteiger partial charge in [-0.25, -0.2) is 0 Å². The van der Waals surface area contributed by atoms with E-state index in [4.69, 9.17) is 5.11 Å². The molecular weight excluding hydrogens is 318 g/mol. The van der Waals surface area contributed by atoms with Crippen LogP contribution in [0.25, 0.3) is 0 Å². The van der Waals surface area contributed by atoms with Gasteiger partial charge in [-0.2, -0.15) is 0 Å². The van der Waals surface area contributed by atoms with Crippen LogP contribution in [0.5, 0.6) is 0 Å². The number of carbonyl (C=O) groups excluding carboxylic acids is 2. The topological polar surface area (TPSA) is 130 Å². The van der Waals surface area contributed by atoms with Gasteiger partial charge in [-0.1, -0.05) is 6.92 Å². The van der Waals surface area contributed by atoms with Crippen LogP contribution >= 0.6 is 0 Å². The van der Waals surface area contributed by atoms with E-state index in [1.54, 1.807) is 0 Å². The maximum atomic E-state index is 11.9. The molecule has 2 N–H and O–H groups in total. The predicted octanol–water partition coefficient (Wildman–Crippen LogP) is 0.894. The van der Waals surface area contributed by atoms with Crippen LogP contribution in [0.15, 0.2) is 24.3 Å². The van der Waals surface area contributed by atoms with Gasteiger partial charge in [0.15, 0.2) is 0 Å². The molecule has 0 aliphatic heterocycles. The van der Waals surface area contributed by atoms with Crippen LogP contribution in [0, 0.1) is 16.0 Å². The lowest BCUT2D eigenvalue weighted by Gasteiger charge is -2.19. The maximum absolute atomic E-state index is 11.9. The molecule has 1 rings (SSSR count). The molecule has 1 unspecified atom stereocenters. The molecule has 0 spiro atoms. The summed E-state index contributed by atoms with van der Waals surface area (Å²) < 4.78 is 0. The van der Waals surface area contributed by atoms with E-state index >= 15 is 0 Å². The van der Waals surface area contributed by atoms with Gasteiger partial charge in [0.05, 0.1) is 10.8 Å². The molecule has 0 bridgehead atoms. The second kappa shape index (κ2) is 8.61. The Morgan fingerprint density at radius 3 is 2.38 bits per heavy atom. The quantitative estimate of drug-likeness (QED) is 0.535. The predicted molar refractivity (Wildman–Crippen MR) is 84.5 cm³/mol. The molecule has 2 amide bonds. The number of carbonyl (C=O) groups is 3. The Morgan fingerprint density at radius 2 is 1.88 bits per heavy atom. The van der Waals surface area contributed by atoms with E-state index < -0.39 is 22.7 Å². The maximum Gasteiger partial charge on any atom is 0.308 e. The first kappa shape index (κ1) is 19.1. The smallest absolute Gasteiger partial charge is 0.308 e. The van der Waals surface area contributed by atoms with Crippen molar-refractivity contribution in [2.75, 3.05) is 20.1 Å². The van der Waals surface area contributed by atoms with Crippen molar-refractivity contribution in [1.82, 2.24) is 10.2 Å². The zero-order valence-electron chi connectivity index (χ0n) is 13.4. The number of nitrogens with zero attached hydrogens (tertiary/aromatic N) is 2. The lowest BCUT2D eigenvalue weighted by molar-refractivity contribution is -0.384. The zero-order valence-corrected chi connectivity index (χ0v) is 13.4. The second-order valence-electron chi connectivity index (χ2n) is 5.32. The molecule has 24 heavy (non-hydrogen) atoms. The van der Waals surface area contributed by atoms with E-state index in [0.29, 0.717) is 0 Å². The largest absolute Gasteiger partial charge is 0.481 e. The van der Waals surface area contributed by atoms with E-state index in [0.717, 1.165) is 0 Å². The molecule has 9 heteroatoms. The fourth-order valence-corrected chi connectivity index (χ4v) is 1.90. The van der Waals surface area contributed by atoms with Crippen LogP contribution in [0.2, 0.25) is 0 Å². The molecule has 1 aromatic carbocycles. The van der Waals surface area contributed by atoms with Gasteiger partial charge in [0.1, 0.15) is 0 Å². The van der Waals surface area contributed by atoms with Gasteiger partial charge in [0.25, 0.3) is 11.6 Å². The number of non-ortho nitro benzene ring substituents is 1. The van der Waals surface area contributed by atoms with Crippen LogP contribution in [-0.4, -0.2) is 52.9 Å². The summed E-state index contributed by atoms with van der Waals surface area (Å²) in [6.45, 7) is 1.67. The Labute approximate surface area is 138 Å². The Bertz CT molecular complexity index is 629. The number of benzene rings is 1. The average molecular weight is 337 g/mol. The summed E-state index contributed by atoms with van der Waals surface area (Å²) in [4.78, 5) is 45.7. The summed E-state index contributed by atoms with van der Waals surface area (Å²) >= 11 is 0. The third kappa shape index (κ3) is 5.67. The molecule has 9 nitrogen and oxygen atoms in total. The summed E-state index contributed by atoms with van der Waals surface area (Å²) in [5.74, 6) is -2.39. The highest BCUT2D eigenvalue weighted by Gasteiger charge is 2.17. The minimum absolute atomic E-state index is 0.0293. The number of carboxylic acid groups (broad SMARTS) is 1. The third-order valence-electron chi connectivity index (χ3n) is 3.36. The number of rotatable bonds is 8. The number of amides is 2. The van der Waals surface area contributed by atoms with Crippen LogP contribution in [0.4, 0.5) is 5.69 Å². The molecule has 1 atom stereocenters. The van der Waals surface area contributed by atoms with Gasteiger partial charge in [-0.05, 0) is 12.1 Å². The van der Waals surface area contributed by atoms with Crippen molar-refractivity contribution in [2.45, 2.75) is 13.3 Å². The second-order valence-corrected chi connectivity index (χ2v) is 5.32. The minimum atomic E-state index is -0.985. The molecule has 0 aromatic heterocycles. The van der Waals surface area contributed by atoms with E-state index in [1.165, 1.54) is 43.1 Å². The lowest BCUT2D eigenvalue weighted by atomic mass is 10.1. The number of hydrogen-bond donors (Lipinski definition) is 2. The molecule has 0 aliphatic rings.